The molecule has 1 heterocycles. The van der Waals surface area contributed by atoms with Crippen molar-refractivity contribution < 1.29 is 9.53 Å². The van der Waals surface area contributed by atoms with Crippen LogP contribution in [0.4, 0.5) is 0 Å². The molecule has 0 aliphatic heterocycles. The largest absolute Gasteiger partial charge is 0.465 e. The Balaban J connectivity index is 2.51. The van der Waals surface area contributed by atoms with Crippen LogP contribution >= 0.6 is 0 Å². The molecule has 4 heteroatoms. The van der Waals surface area contributed by atoms with Gasteiger partial charge in [0.25, 0.3) is 0 Å². The van der Waals surface area contributed by atoms with Gasteiger partial charge in [0.1, 0.15) is 0 Å². The molecule has 1 aromatic carbocycles. The van der Waals surface area contributed by atoms with Crippen LogP contribution in [0.5, 0.6) is 0 Å². The molecular weight excluding hydrogens is 240 g/mol. The molecule has 1 unspecified atom stereocenters. The van der Waals surface area contributed by atoms with E-state index in [1.54, 1.807) is 12.3 Å². The molecule has 1 atom stereocenters. The third kappa shape index (κ3) is 2.61. The lowest BCUT2D eigenvalue weighted by molar-refractivity contribution is 0.0599. The lowest BCUT2D eigenvalue weighted by Crippen LogP contribution is -2.10. The van der Waals surface area contributed by atoms with Gasteiger partial charge in [-0.2, -0.15) is 5.26 Å². The van der Waals surface area contributed by atoms with E-state index in [4.69, 9.17) is 4.74 Å². The van der Waals surface area contributed by atoms with Gasteiger partial charge in [-0.15, -0.1) is 0 Å². The maximum atomic E-state index is 11.7. The summed E-state index contributed by atoms with van der Waals surface area (Å²) < 4.78 is 4.72. The third-order valence-electron chi connectivity index (χ3n) is 2.83. The van der Waals surface area contributed by atoms with Gasteiger partial charge in [-0.3, -0.25) is 4.98 Å². The maximum Gasteiger partial charge on any atom is 0.339 e. The topological polar surface area (TPSA) is 63.0 Å². The van der Waals surface area contributed by atoms with Crippen LogP contribution in [0.25, 0.3) is 0 Å². The summed E-state index contributed by atoms with van der Waals surface area (Å²) in [5.74, 6) is -1.00. The summed E-state index contributed by atoms with van der Waals surface area (Å²) in [7, 11) is 1.31. The van der Waals surface area contributed by atoms with E-state index in [0.29, 0.717) is 11.1 Å². The minimum absolute atomic E-state index is 0.320. The Kier molecular flexibility index (Phi) is 3.89. The first-order valence-corrected chi connectivity index (χ1v) is 5.74. The van der Waals surface area contributed by atoms with E-state index in [1.165, 1.54) is 13.3 Å². The number of carbonyl (C=O) groups excluding carboxylic acids is 1. The number of esters is 1. The average Bonchev–Trinajstić information content (AvgIpc) is 2.49. The fraction of sp³-hybridized carbons (Fsp3) is 0.133. The number of benzene rings is 1. The van der Waals surface area contributed by atoms with Crippen molar-refractivity contribution in [3.8, 4) is 6.07 Å². The van der Waals surface area contributed by atoms with Gasteiger partial charge in [0.2, 0.25) is 0 Å². The Hall–Kier alpha value is -2.67. The van der Waals surface area contributed by atoms with E-state index >= 15 is 0 Å². The number of nitriles is 1. The molecule has 0 N–H and O–H groups in total. The second kappa shape index (κ2) is 5.78. The lowest BCUT2D eigenvalue weighted by atomic mass is 9.90. The fourth-order valence-corrected chi connectivity index (χ4v) is 1.91. The summed E-state index contributed by atoms with van der Waals surface area (Å²) in [6.07, 6.45) is 2.99. The molecule has 4 nitrogen and oxygen atoms in total. The number of aromatic nitrogens is 1. The van der Waals surface area contributed by atoms with E-state index in [1.807, 2.05) is 30.3 Å². The molecule has 0 aliphatic rings. The van der Waals surface area contributed by atoms with E-state index in [2.05, 4.69) is 11.1 Å². The number of methoxy groups -OCH3 is 1. The number of rotatable bonds is 3. The van der Waals surface area contributed by atoms with Crippen molar-refractivity contribution in [3.05, 3.63) is 65.5 Å². The molecule has 2 rings (SSSR count). The number of ether oxygens (including phenoxy) is 1. The van der Waals surface area contributed by atoms with Crippen LogP contribution in [0.2, 0.25) is 0 Å². The Labute approximate surface area is 111 Å². The van der Waals surface area contributed by atoms with E-state index in [0.717, 1.165) is 5.56 Å². The monoisotopic (exact) mass is 252 g/mol. The van der Waals surface area contributed by atoms with Crippen LogP contribution < -0.4 is 0 Å². The Morgan fingerprint density at radius 2 is 2.05 bits per heavy atom. The minimum atomic E-state index is -0.515. The van der Waals surface area contributed by atoms with Gasteiger partial charge in [0.05, 0.1) is 24.7 Å². The zero-order chi connectivity index (χ0) is 13.7. The van der Waals surface area contributed by atoms with Crippen molar-refractivity contribution in [1.29, 1.82) is 5.26 Å². The first kappa shape index (κ1) is 12.8. The molecule has 2 aromatic rings. The van der Waals surface area contributed by atoms with Gasteiger partial charge in [-0.05, 0) is 17.2 Å². The second-order valence-corrected chi connectivity index (χ2v) is 3.93. The van der Waals surface area contributed by atoms with Crippen LogP contribution in [-0.4, -0.2) is 18.1 Å². The van der Waals surface area contributed by atoms with Crippen molar-refractivity contribution in [2.45, 2.75) is 5.92 Å². The van der Waals surface area contributed by atoms with E-state index < -0.39 is 11.9 Å². The van der Waals surface area contributed by atoms with E-state index in [9.17, 15) is 10.1 Å². The van der Waals surface area contributed by atoms with Crippen molar-refractivity contribution in [1.82, 2.24) is 4.98 Å². The molecule has 19 heavy (non-hydrogen) atoms. The molecule has 94 valence electrons. The highest BCUT2D eigenvalue weighted by Crippen LogP contribution is 2.26. The molecule has 0 amide bonds. The maximum absolute atomic E-state index is 11.7. The number of pyridine rings is 1. The Bertz CT molecular complexity index is 618. The summed E-state index contributed by atoms with van der Waals surface area (Å²) in [5.41, 5.74) is 1.76. The molecule has 0 saturated heterocycles. The minimum Gasteiger partial charge on any atom is -0.465 e. The summed E-state index contributed by atoms with van der Waals surface area (Å²) in [4.78, 5) is 15.6. The third-order valence-corrected chi connectivity index (χ3v) is 2.83. The van der Waals surface area contributed by atoms with Gasteiger partial charge >= 0.3 is 5.97 Å². The van der Waals surface area contributed by atoms with Gasteiger partial charge < -0.3 is 4.74 Å². The summed E-state index contributed by atoms with van der Waals surface area (Å²) in [5, 5.41) is 9.39. The highest BCUT2D eigenvalue weighted by Gasteiger charge is 2.21. The Morgan fingerprint density at radius 1 is 1.32 bits per heavy atom. The van der Waals surface area contributed by atoms with Crippen molar-refractivity contribution in [2.24, 2.45) is 0 Å². The number of hydrogen-bond donors (Lipinski definition) is 0. The molecule has 1 aromatic heterocycles. The zero-order valence-electron chi connectivity index (χ0n) is 10.4. The standard InChI is InChI=1S/C15H12N2O2/c1-19-15(18)14-10-17-8-7-12(14)13(9-16)11-5-3-2-4-6-11/h2-8,10,13H,1H3. The van der Waals surface area contributed by atoms with Gasteiger partial charge in [0, 0.05) is 12.4 Å². The van der Waals surface area contributed by atoms with Gasteiger partial charge in [0.15, 0.2) is 0 Å². The second-order valence-electron chi connectivity index (χ2n) is 3.93. The van der Waals surface area contributed by atoms with Crippen LogP contribution in [0, 0.1) is 11.3 Å². The number of hydrogen-bond acceptors (Lipinski definition) is 4. The summed E-state index contributed by atoms with van der Waals surface area (Å²) in [6.45, 7) is 0. The summed E-state index contributed by atoms with van der Waals surface area (Å²) in [6, 6.07) is 13.2. The zero-order valence-corrected chi connectivity index (χ0v) is 10.4. The predicted octanol–water partition coefficient (Wildman–Crippen LogP) is 2.52. The quantitative estimate of drug-likeness (QED) is 0.787. The molecule has 0 bridgehead atoms. The first-order chi connectivity index (χ1) is 9.27. The highest BCUT2D eigenvalue weighted by atomic mass is 16.5. The summed E-state index contributed by atoms with van der Waals surface area (Å²) >= 11 is 0. The smallest absolute Gasteiger partial charge is 0.339 e. The highest BCUT2D eigenvalue weighted by molar-refractivity contribution is 5.91. The lowest BCUT2D eigenvalue weighted by Gasteiger charge is -2.13. The number of carbonyl (C=O) groups is 1. The van der Waals surface area contributed by atoms with Crippen LogP contribution in [0.1, 0.15) is 27.4 Å². The fourth-order valence-electron chi connectivity index (χ4n) is 1.91. The average molecular weight is 252 g/mol. The molecule has 0 fully saturated rings. The molecule has 0 saturated carbocycles. The van der Waals surface area contributed by atoms with Crippen LogP contribution in [0.15, 0.2) is 48.8 Å². The predicted molar refractivity (Wildman–Crippen MR) is 69.5 cm³/mol. The van der Waals surface area contributed by atoms with Crippen LogP contribution in [0.3, 0.4) is 0 Å². The van der Waals surface area contributed by atoms with E-state index in [-0.39, 0.29) is 0 Å². The normalized spacial score (nSPS) is 11.4. The molecule has 0 aliphatic carbocycles. The SMILES string of the molecule is COC(=O)c1cnccc1C(C#N)c1ccccc1. The van der Waals surface area contributed by atoms with Gasteiger partial charge in [-0.1, -0.05) is 30.3 Å². The molecular formula is C15H12N2O2. The van der Waals surface area contributed by atoms with Crippen molar-refractivity contribution >= 4 is 5.97 Å². The Morgan fingerprint density at radius 3 is 2.68 bits per heavy atom. The van der Waals surface area contributed by atoms with Crippen molar-refractivity contribution in [2.75, 3.05) is 7.11 Å². The van der Waals surface area contributed by atoms with Gasteiger partial charge in [-0.25, -0.2) is 4.79 Å². The molecule has 0 radical (unpaired) electrons. The first-order valence-electron chi connectivity index (χ1n) is 5.74. The van der Waals surface area contributed by atoms with Crippen molar-refractivity contribution in [3.63, 3.8) is 0 Å². The molecule has 0 spiro atoms. The number of nitrogens with zero attached hydrogens (tertiary/aromatic N) is 2. The van der Waals surface area contributed by atoms with Crippen LogP contribution in [-0.2, 0) is 4.74 Å².